The summed E-state index contributed by atoms with van der Waals surface area (Å²) in [4.78, 5) is 13.0. The Bertz CT molecular complexity index is 244. The largest absolute Gasteiger partial charge is 0.481 e. The molecule has 2 unspecified atom stereocenters. The van der Waals surface area contributed by atoms with Gasteiger partial charge in [-0.2, -0.15) is 0 Å². The molecule has 3 nitrogen and oxygen atoms in total. The molecular formula is C11H17NO2. The summed E-state index contributed by atoms with van der Waals surface area (Å²) in [6.07, 6.45) is 6.90. The molecule has 1 aliphatic rings. The Morgan fingerprint density at radius 1 is 1.64 bits per heavy atom. The first-order valence-electron chi connectivity index (χ1n) is 5.03. The van der Waals surface area contributed by atoms with Crippen molar-refractivity contribution in [3.63, 3.8) is 0 Å². The van der Waals surface area contributed by atoms with E-state index in [-0.39, 0.29) is 11.8 Å². The van der Waals surface area contributed by atoms with Crippen molar-refractivity contribution in [2.45, 2.75) is 19.8 Å². The quantitative estimate of drug-likeness (QED) is 0.538. The van der Waals surface area contributed by atoms with Gasteiger partial charge in [-0.25, -0.2) is 0 Å². The van der Waals surface area contributed by atoms with Gasteiger partial charge in [0.05, 0.1) is 5.92 Å². The van der Waals surface area contributed by atoms with Crippen LogP contribution in [0.25, 0.3) is 0 Å². The van der Waals surface area contributed by atoms with Crippen LogP contribution in [0.1, 0.15) is 19.8 Å². The molecule has 0 aromatic heterocycles. The van der Waals surface area contributed by atoms with E-state index < -0.39 is 5.97 Å². The molecule has 1 aliphatic heterocycles. The van der Waals surface area contributed by atoms with Crippen LogP contribution in [0, 0.1) is 24.2 Å². The second-order valence-electron chi connectivity index (χ2n) is 3.99. The third-order valence-electron chi connectivity index (χ3n) is 2.80. The predicted molar refractivity (Wildman–Crippen MR) is 54.8 cm³/mol. The van der Waals surface area contributed by atoms with Gasteiger partial charge in [-0.05, 0) is 18.9 Å². The van der Waals surface area contributed by atoms with Crippen LogP contribution in [0.4, 0.5) is 0 Å². The lowest BCUT2D eigenvalue weighted by molar-refractivity contribution is -0.142. The smallest absolute Gasteiger partial charge is 0.308 e. The average Bonchev–Trinajstić information content (AvgIpc) is 2.47. The minimum Gasteiger partial charge on any atom is -0.481 e. The summed E-state index contributed by atoms with van der Waals surface area (Å²) >= 11 is 0. The molecule has 0 aromatic carbocycles. The van der Waals surface area contributed by atoms with E-state index in [2.05, 4.69) is 10.8 Å². The first-order valence-corrected chi connectivity index (χ1v) is 5.03. The summed E-state index contributed by atoms with van der Waals surface area (Å²) < 4.78 is 0. The predicted octanol–water partition coefficient (Wildman–Crippen LogP) is 1.05. The first-order chi connectivity index (χ1) is 6.65. The Hall–Kier alpha value is -1.01. The van der Waals surface area contributed by atoms with Crippen LogP contribution in [-0.2, 0) is 4.79 Å². The van der Waals surface area contributed by atoms with E-state index in [4.69, 9.17) is 11.5 Å². The fourth-order valence-corrected chi connectivity index (χ4v) is 1.98. The van der Waals surface area contributed by atoms with E-state index in [0.29, 0.717) is 6.54 Å². The maximum absolute atomic E-state index is 10.8. The highest BCUT2D eigenvalue weighted by Gasteiger charge is 2.33. The Kier molecular flexibility index (Phi) is 3.97. The molecule has 1 fully saturated rings. The van der Waals surface area contributed by atoms with Gasteiger partial charge >= 0.3 is 5.97 Å². The van der Waals surface area contributed by atoms with Gasteiger partial charge in [-0.15, -0.1) is 12.3 Å². The second-order valence-corrected chi connectivity index (χ2v) is 3.99. The highest BCUT2D eigenvalue weighted by molar-refractivity contribution is 5.71. The van der Waals surface area contributed by atoms with Crippen molar-refractivity contribution in [2.75, 3.05) is 19.6 Å². The topological polar surface area (TPSA) is 40.5 Å². The third kappa shape index (κ3) is 2.74. The third-order valence-corrected chi connectivity index (χ3v) is 2.80. The van der Waals surface area contributed by atoms with Gasteiger partial charge in [0.2, 0.25) is 0 Å². The van der Waals surface area contributed by atoms with E-state index in [1.165, 1.54) is 0 Å². The number of aliphatic carboxylic acids is 1. The van der Waals surface area contributed by atoms with Crippen LogP contribution in [0.2, 0.25) is 0 Å². The molecule has 1 N–H and O–H groups in total. The van der Waals surface area contributed by atoms with E-state index in [1.54, 1.807) is 0 Å². The summed E-state index contributed by atoms with van der Waals surface area (Å²) in [7, 11) is 0. The van der Waals surface area contributed by atoms with Crippen molar-refractivity contribution in [2.24, 2.45) is 11.8 Å². The van der Waals surface area contributed by atoms with Gasteiger partial charge in [0.1, 0.15) is 0 Å². The molecule has 0 saturated carbocycles. The van der Waals surface area contributed by atoms with Crippen LogP contribution >= 0.6 is 0 Å². The van der Waals surface area contributed by atoms with Gasteiger partial charge in [0.15, 0.2) is 0 Å². The van der Waals surface area contributed by atoms with Gasteiger partial charge in [0, 0.05) is 19.5 Å². The first kappa shape index (κ1) is 11.1. The maximum atomic E-state index is 10.8. The number of hydrogen-bond donors (Lipinski definition) is 1. The molecule has 0 spiro atoms. The van der Waals surface area contributed by atoms with Gasteiger partial charge in [-0.1, -0.05) is 6.92 Å². The summed E-state index contributed by atoms with van der Waals surface area (Å²) in [6.45, 7) is 4.50. The average molecular weight is 195 g/mol. The molecule has 0 amide bonds. The van der Waals surface area contributed by atoms with Gasteiger partial charge in [0.25, 0.3) is 0 Å². The number of unbranched alkanes of at least 4 members (excludes halogenated alkanes) is 1. The monoisotopic (exact) mass is 195 g/mol. The number of carboxylic acids is 1. The standard InChI is InChI=1S/C11H17NO2/c1-3-4-5-6-12-7-9(2)10(8-12)11(13)14/h1,9-10H,4-8H2,2H3,(H,13,14). The van der Waals surface area contributed by atoms with Crippen molar-refractivity contribution < 1.29 is 9.90 Å². The number of carbonyl (C=O) groups is 1. The van der Waals surface area contributed by atoms with Crippen LogP contribution in [0.3, 0.4) is 0 Å². The molecule has 14 heavy (non-hydrogen) atoms. The SMILES string of the molecule is C#CCCCN1CC(C)C(C(=O)O)C1. The summed E-state index contributed by atoms with van der Waals surface area (Å²) in [6, 6.07) is 0. The molecule has 3 heteroatoms. The molecule has 1 heterocycles. The van der Waals surface area contributed by atoms with Gasteiger partial charge in [-0.3, -0.25) is 4.79 Å². The summed E-state index contributed by atoms with van der Waals surface area (Å²) in [5.41, 5.74) is 0. The highest BCUT2D eigenvalue weighted by atomic mass is 16.4. The fraction of sp³-hybridized carbons (Fsp3) is 0.727. The van der Waals surface area contributed by atoms with Crippen molar-refractivity contribution >= 4 is 5.97 Å². The minimum atomic E-state index is -0.669. The number of terminal acetylenes is 1. The Morgan fingerprint density at radius 3 is 2.86 bits per heavy atom. The molecule has 1 saturated heterocycles. The van der Waals surface area contributed by atoms with Gasteiger partial charge < -0.3 is 10.0 Å². The Balaban J connectivity index is 2.32. The van der Waals surface area contributed by atoms with Crippen LogP contribution in [-0.4, -0.2) is 35.6 Å². The number of carboxylic acid groups (broad SMARTS) is 1. The zero-order chi connectivity index (χ0) is 10.6. The number of hydrogen-bond acceptors (Lipinski definition) is 2. The highest BCUT2D eigenvalue weighted by Crippen LogP contribution is 2.23. The van der Waals surface area contributed by atoms with Crippen molar-refractivity contribution in [1.29, 1.82) is 0 Å². The normalized spacial score (nSPS) is 27.4. The zero-order valence-corrected chi connectivity index (χ0v) is 8.57. The molecule has 0 aliphatic carbocycles. The van der Waals surface area contributed by atoms with Crippen LogP contribution in [0.5, 0.6) is 0 Å². The van der Waals surface area contributed by atoms with E-state index in [9.17, 15) is 4.79 Å². The van der Waals surface area contributed by atoms with Crippen LogP contribution in [0.15, 0.2) is 0 Å². The lowest BCUT2D eigenvalue weighted by atomic mass is 9.99. The lowest BCUT2D eigenvalue weighted by Crippen LogP contribution is -2.24. The zero-order valence-electron chi connectivity index (χ0n) is 8.57. The van der Waals surface area contributed by atoms with E-state index in [1.807, 2.05) is 6.92 Å². The molecule has 2 atom stereocenters. The molecule has 0 radical (unpaired) electrons. The maximum Gasteiger partial charge on any atom is 0.308 e. The second kappa shape index (κ2) is 5.02. The summed E-state index contributed by atoms with van der Waals surface area (Å²) in [5, 5.41) is 8.91. The van der Waals surface area contributed by atoms with Crippen molar-refractivity contribution in [3.8, 4) is 12.3 Å². The number of rotatable bonds is 4. The minimum absolute atomic E-state index is 0.194. The van der Waals surface area contributed by atoms with Crippen molar-refractivity contribution in [1.82, 2.24) is 4.90 Å². The fourth-order valence-electron chi connectivity index (χ4n) is 1.98. The number of likely N-dealkylation sites (tertiary alicyclic amines) is 1. The van der Waals surface area contributed by atoms with E-state index in [0.717, 1.165) is 25.9 Å². The Labute approximate surface area is 85.1 Å². The van der Waals surface area contributed by atoms with E-state index >= 15 is 0 Å². The molecule has 0 bridgehead atoms. The number of nitrogens with zero attached hydrogens (tertiary/aromatic N) is 1. The van der Waals surface area contributed by atoms with Crippen molar-refractivity contribution in [3.05, 3.63) is 0 Å². The molecule has 1 rings (SSSR count). The molecular weight excluding hydrogens is 178 g/mol. The Morgan fingerprint density at radius 2 is 2.36 bits per heavy atom. The molecule has 0 aromatic rings. The van der Waals surface area contributed by atoms with Crippen LogP contribution < -0.4 is 0 Å². The lowest BCUT2D eigenvalue weighted by Gasteiger charge is -2.13. The summed E-state index contributed by atoms with van der Waals surface area (Å²) in [5.74, 6) is 1.99. The molecule has 78 valence electrons.